The van der Waals surface area contributed by atoms with Crippen LogP contribution in [0.4, 0.5) is 8.78 Å². The molecule has 2 rings (SSSR count). The van der Waals surface area contributed by atoms with E-state index in [9.17, 15) is 29.0 Å². The van der Waals surface area contributed by atoms with Crippen molar-refractivity contribution < 1.29 is 23.4 Å². The molecule has 0 aromatic carbocycles. The summed E-state index contributed by atoms with van der Waals surface area (Å²) in [5.74, 6) is -6.22. The van der Waals surface area contributed by atoms with E-state index in [4.69, 9.17) is 4.74 Å². The molecule has 0 saturated carbocycles. The Kier molecular flexibility index (Phi) is 3.69. The summed E-state index contributed by atoms with van der Waals surface area (Å²) < 4.78 is 33.5. The Labute approximate surface area is 117 Å². The number of allylic oxidation sites excluding steroid dienone is 4. The van der Waals surface area contributed by atoms with E-state index in [1.807, 2.05) is 0 Å². The van der Waals surface area contributed by atoms with Crippen LogP contribution in [-0.4, -0.2) is 33.6 Å². The smallest absolute Gasteiger partial charge is 0.344 e. The summed E-state index contributed by atoms with van der Waals surface area (Å²) >= 11 is 0. The lowest BCUT2D eigenvalue weighted by Crippen LogP contribution is -2.52. The van der Waals surface area contributed by atoms with Crippen molar-refractivity contribution in [2.75, 3.05) is 0 Å². The summed E-state index contributed by atoms with van der Waals surface area (Å²) in [6.45, 7) is 0. The van der Waals surface area contributed by atoms with Crippen molar-refractivity contribution in [1.82, 2.24) is 0 Å². The third-order valence-electron chi connectivity index (χ3n) is 3.10. The SMILES string of the molecule is O=[N+]([O-])C1(F)C=CC=CC1OC1C=CC=CC1(F)[N+](=O)[O-]. The van der Waals surface area contributed by atoms with E-state index < -0.39 is 33.6 Å². The molecule has 0 amide bonds. The van der Waals surface area contributed by atoms with Crippen molar-refractivity contribution in [3.63, 3.8) is 0 Å². The van der Waals surface area contributed by atoms with Crippen LogP contribution < -0.4 is 0 Å². The Morgan fingerprint density at radius 2 is 1.24 bits per heavy atom. The Balaban J connectivity index is 2.28. The van der Waals surface area contributed by atoms with Gasteiger partial charge >= 0.3 is 11.6 Å². The van der Waals surface area contributed by atoms with E-state index in [-0.39, 0.29) is 0 Å². The predicted molar refractivity (Wildman–Crippen MR) is 66.9 cm³/mol. The van der Waals surface area contributed by atoms with E-state index in [2.05, 4.69) is 0 Å². The number of hydrogen-bond donors (Lipinski definition) is 0. The van der Waals surface area contributed by atoms with Gasteiger partial charge in [0.25, 0.3) is 0 Å². The average molecular weight is 300 g/mol. The van der Waals surface area contributed by atoms with Gasteiger partial charge in [0.15, 0.2) is 12.2 Å². The highest BCUT2D eigenvalue weighted by atomic mass is 19.2. The molecular formula is C12H10F2N2O5. The number of ether oxygens (including phenoxy) is 1. The van der Waals surface area contributed by atoms with Crippen LogP contribution in [0.15, 0.2) is 48.6 Å². The first-order valence-corrected chi connectivity index (χ1v) is 5.85. The lowest BCUT2D eigenvalue weighted by molar-refractivity contribution is -0.616. The van der Waals surface area contributed by atoms with Crippen LogP contribution in [0.25, 0.3) is 0 Å². The van der Waals surface area contributed by atoms with Gasteiger partial charge in [0, 0.05) is 12.2 Å². The standard InChI is InChI=1S/C12H10F2N2O5/c13-11(15(17)18)7-3-1-5-9(11)21-10-6-2-4-8-12(10,14)16(19)20/h1-10H. The molecule has 2 aliphatic carbocycles. The number of nitro groups is 2. The van der Waals surface area contributed by atoms with Crippen LogP contribution in [0, 0.1) is 20.2 Å². The quantitative estimate of drug-likeness (QED) is 0.448. The van der Waals surface area contributed by atoms with Crippen LogP contribution in [0.5, 0.6) is 0 Å². The number of alkyl halides is 2. The van der Waals surface area contributed by atoms with E-state index in [0.29, 0.717) is 12.2 Å². The zero-order valence-corrected chi connectivity index (χ0v) is 10.5. The highest BCUT2D eigenvalue weighted by molar-refractivity contribution is 5.23. The minimum atomic E-state index is -3.11. The molecule has 0 bridgehead atoms. The molecule has 112 valence electrons. The summed E-state index contributed by atoms with van der Waals surface area (Å²) in [6.07, 6.45) is 4.51. The van der Waals surface area contributed by atoms with Crippen LogP contribution >= 0.6 is 0 Å². The van der Waals surface area contributed by atoms with Crippen LogP contribution in [0.1, 0.15) is 0 Å². The van der Waals surface area contributed by atoms with E-state index in [1.165, 1.54) is 12.2 Å². The second-order valence-corrected chi connectivity index (χ2v) is 4.43. The van der Waals surface area contributed by atoms with Gasteiger partial charge in [0.05, 0.1) is 9.85 Å². The van der Waals surface area contributed by atoms with Gasteiger partial charge in [-0.1, -0.05) is 24.3 Å². The first-order valence-electron chi connectivity index (χ1n) is 5.85. The highest BCUT2D eigenvalue weighted by Crippen LogP contribution is 2.33. The molecule has 0 aromatic heterocycles. The third-order valence-corrected chi connectivity index (χ3v) is 3.10. The molecule has 0 fully saturated rings. The van der Waals surface area contributed by atoms with Crippen molar-refractivity contribution in [3.05, 3.63) is 68.8 Å². The number of halogens is 2. The van der Waals surface area contributed by atoms with Gasteiger partial charge in [-0.25, -0.2) is 0 Å². The summed E-state index contributed by atoms with van der Waals surface area (Å²) in [5, 5.41) is 21.7. The highest BCUT2D eigenvalue weighted by Gasteiger charge is 2.56. The summed E-state index contributed by atoms with van der Waals surface area (Å²) in [7, 11) is 0. The lowest BCUT2D eigenvalue weighted by Gasteiger charge is -2.29. The molecule has 4 atom stereocenters. The topological polar surface area (TPSA) is 95.5 Å². The minimum absolute atomic E-state index is 0.645. The molecule has 9 heteroatoms. The molecule has 4 unspecified atom stereocenters. The predicted octanol–water partition coefficient (Wildman–Crippen LogP) is 1.88. The number of rotatable bonds is 4. The van der Waals surface area contributed by atoms with Gasteiger partial charge < -0.3 is 4.74 Å². The molecule has 0 N–H and O–H groups in total. The molecule has 0 heterocycles. The van der Waals surface area contributed by atoms with Crippen molar-refractivity contribution in [3.8, 4) is 0 Å². The lowest BCUT2D eigenvalue weighted by atomic mass is 10.00. The molecule has 7 nitrogen and oxygen atoms in total. The van der Waals surface area contributed by atoms with Crippen molar-refractivity contribution in [1.29, 1.82) is 0 Å². The van der Waals surface area contributed by atoms with Gasteiger partial charge in [0.1, 0.15) is 0 Å². The monoisotopic (exact) mass is 300 g/mol. The van der Waals surface area contributed by atoms with Gasteiger partial charge in [-0.15, -0.1) is 0 Å². The number of hydrogen-bond acceptors (Lipinski definition) is 5. The molecule has 2 aliphatic rings. The van der Waals surface area contributed by atoms with Gasteiger partial charge in [-0.05, 0) is 12.2 Å². The zero-order chi connectivity index (χ0) is 15.7. The van der Waals surface area contributed by atoms with Crippen molar-refractivity contribution >= 4 is 0 Å². The average Bonchev–Trinajstić information content (AvgIpc) is 2.43. The Hall–Kier alpha value is -2.42. The molecule has 0 spiro atoms. The maximum Gasteiger partial charge on any atom is 0.407 e. The van der Waals surface area contributed by atoms with Gasteiger partial charge in [0.2, 0.25) is 0 Å². The fourth-order valence-corrected chi connectivity index (χ4v) is 1.94. The first-order chi connectivity index (χ1) is 9.80. The molecule has 0 aromatic rings. The second-order valence-electron chi connectivity index (χ2n) is 4.43. The van der Waals surface area contributed by atoms with Gasteiger partial charge in [-0.2, -0.15) is 8.78 Å². The van der Waals surface area contributed by atoms with Crippen LogP contribution in [-0.2, 0) is 4.74 Å². The van der Waals surface area contributed by atoms with E-state index >= 15 is 0 Å². The molecule has 0 radical (unpaired) electrons. The van der Waals surface area contributed by atoms with Crippen molar-refractivity contribution in [2.24, 2.45) is 0 Å². The maximum absolute atomic E-state index is 14.3. The molecular weight excluding hydrogens is 290 g/mol. The molecule has 0 saturated heterocycles. The summed E-state index contributed by atoms with van der Waals surface area (Å²) in [4.78, 5) is 19.2. The Morgan fingerprint density at radius 3 is 1.57 bits per heavy atom. The third kappa shape index (κ3) is 2.47. The van der Waals surface area contributed by atoms with Crippen LogP contribution in [0.2, 0.25) is 0 Å². The summed E-state index contributed by atoms with van der Waals surface area (Å²) in [6, 6.07) is 0. The zero-order valence-electron chi connectivity index (χ0n) is 10.5. The van der Waals surface area contributed by atoms with Crippen molar-refractivity contribution in [2.45, 2.75) is 23.8 Å². The van der Waals surface area contributed by atoms with E-state index in [0.717, 1.165) is 24.3 Å². The summed E-state index contributed by atoms with van der Waals surface area (Å²) in [5.41, 5.74) is 0. The first kappa shape index (κ1) is 15.0. The fraction of sp³-hybridized carbons (Fsp3) is 0.333. The minimum Gasteiger partial charge on any atom is -0.344 e. The Morgan fingerprint density at radius 1 is 0.857 bits per heavy atom. The Bertz CT molecular complexity index is 538. The maximum atomic E-state index is 14.3. The van der Waals surface area contributed by atoms with Gasteiger partial charge in [-0.3, -0.25) is 20.2 Å². The normalized spacial score (nSPS) is 37.6. The second kappa shape index (κ2) is 5.17. The van der Waals surface area contributed by atoms with E-state index in [1.54, 1.807) is 0 Å². The van der Waals surface area contributed by atoms with Crippen LogP contribution in [0.3, 0.4) is 0 Å². The molecule has 21 heavy (non-hydrogen) atoms. The number of nitrogens with zero attached hydrogens (tertiary/aromatic N) is 2. The molecule has 0 aliphatic heterocycles. The largest absolute Gasteiger partial charge is 0.407 e. The fourth-order valence-electron chi connectivity index (χ4n) is 1.94.